The van der Waals surface area contributed by atoms with Crippen molar-refractivity contribution in [3.63, 3.8) is 0 Å². The summed E-state index contributed by atoms with van der Waals surface area (Å²) in [5.74, 6) is -0.346. The summed E-state index contributed by atoms with van der Waals surface area (Å²) in [5, 5.41) is 7.46. The molecular formula is C20H22FN3O2. The Bertz CT molecular complexity index is 889. The Morgan fingerprint density at radius 1 is 1.23 bits per heavy atom. The number of rotatable bonds is 3. The van der Waals surface area contributed by atoms with Gasteiger partial charge in [-0.15, -0.1) is 0 Å². The van der Waals surface area contributed by atoms with E-state index in [1.807, 2.05) is 25.7 Å². The van der Waals surface area contributed by atoms with Crippen LogP contribution in [-0.2, 0) is 23.3 Å². The molecule has 136 valence electrons. The first-order chi connectivity index (χ1) is 12.2. The minimum Gasteiger partial charge on any atom is -0.326 e. The highest BCUT2D eigenvalue weighted by atomic mass is 19.1. The van der Waals surface area contributed by atoms with Crippen molar-refractivity contribution in [3.8, 4) is 0 Å². The highest BCUT2D eigenvalue weighted by Crippen LogP contribution is 2.57. The summed E-state index contributed by atoms with van der Waals surface area (Å²) in [5.41, 5.74) is 2.37. The molecule has 6 heteroatoms. The third-order valence-electron chi connectivity index (χ3n) is 5.34. The maximum atomic E-state index is 13.0. The first kappa shape index (κ1) is 16.9. The molecule has 4 rings (SSSR count). The van der Waals surface area contributed by atoms with Crippen LogP contribution >= 0.6 is 0 Å². The van der Waals surface area contributed by atoms with Crippen LogP contribution in [-0.4, -0.2) is 26.8 Å². The molecule has 1 fully saturated rings. The van der Waals surface area contributed by atoms with E-state index >= 15 is 0 Å². The third-order valence-corrected chi connectivity index (χ3v) is 5.34. The van der Waals surface area contributed by atoms with Crippen LogP contribution in [0.15, 0.2) is 24.3 Å². The zero-order valence-electron chi connectivity index (χ0n) is 15.2. The number of halogens is 1. The molecule has 1 aliphatic heterocycles. The van der Waals surface area contributed by atoms with Crippen molar-refractivity contribution in [1.82, 2.24) is 15.1 Å². The van der Waals surface area contributed by atoms with E-state index in [0.717, 1.165) is 29.8 Å². The Labute approximate surface area is 151 Å². The highest BCUT2D eigenvalue weighted by Gasteiger charge is 2.59. The summed E-state index contributed by atoms with van der Waals surface area (Å²) in [6.07, 6.45) is 2.00. The van der Waals surface area contributed by atoms with E-state index in [2.05, 4.69) is 10.2 Å². The zero-order valence-corrected chi connectivity index (χ0v) is 15.2. The van der Waals surface area contributed by atoms with Crippen LogP contribution in [0.1, 0.15) is 60.9 Å². The number of H-pyrrole nitrogens is 1. The summed E-state index contributed by atoms with van der Waals surface area (Å²) in [7, 11) is 0. The van der Waals surface area contributed by atoms with Crippen molar-refractivity contribution in [2.45, 2.75) is 52.1 Å². The highest BCUT2D eigenvalue weighted by molar-refractivity contribution is 5.97. The van der Waals surface area contributed by atoms with Crippen molar-refractivity contribution in [2.75, 3.05) is 0 Å². The number of ketones is 1. The van der Waals surface area contributed by atoms with Crippen molar-refractivity contribution in [2.24, 2.45) is 5.41 Å². The van der Waals surface area contributed by atoms with Gasteiger partial charge in [-0.25, -0.2) is 4.39 Å². The first-order valence-electron chi connectivity index (χ1n) is 8.90. The SMILES string of the molecule is CC(C)(C)C(=O)N1Cc2c(n[nH]c2CC(=O)c2ccc(F)cc2)C12CC2. The second-order valence-corrected chi connectivity index (χ2v) is 8.31. The van der Waals surface area contributed by atoms with E-state index < -0.39 is 5.41 Å². The lowest BCUT2D eigenvalue weighted by Crippen LogP contribution is -2.42. The Kier molecular flexibility index (Phi) is 3.58. The summed E-state index contributed by atoms with van der Waals surface area (Å²) in [4.78, 5) is 27.3. The number of amides is 1. The van der Waals surface area contributed by atoms with Gasteiger partial charge in [0.1, 0.15) is 5.82 Å². The van der Waals surface area contributed by atoms with Crippen LogP contribution in [0.3, 0.4) is 0 Å². The topological polar surface area (TPSA) is 66.1 Å². The number of aromatic nitrogens is 2. The molecule has 1 aromatic heterocycles. The monoisotopic (exact) mass is 355 g/mol. The van der Waals surface area contributed by atoms with Crippen molar-refractivity contribution >= 4 is 11.7 Å². The molecule has 0 radical (unpaired) electrons. The normalized spacial score (nSPS) is 17.5. The van der Waals surface area contributed by atoms with Crippen molar-refractivity contribution in [1.29, 1.82) is 0 Å². The fourth-order valence-electron chi connectivity index (χ4n) is 3.73. The molecule has 0 unspecified atom stereocenters. The van der Waals surface area contributed by atoms with E-state index in [1.54, 1.807) is 0 Å². The van der Waals surface area contributed by atoms with Gasteiger partial charge in [0.15, 0.2) is 5.78 Å². The van der Waals surface area contributed by atoms with Crippen molar-refractivity contribution < 1.29 is 14.0 Å². The lowest BCUT2D eigenvalue weighted by atomic mass is 9.94. The molecular weight excluding hydrogens is 333 g/mol. The molecule has 26 heavy (non-hydrogen) atoms. The lowest BCUT2D eigenvalue weighted by Gasteiger charge is -2.31. The van der Waals surface area contributed by atoms with E-state index in [-0.39, 0.29) is 29.5 Å². The number of Topliss-reactive ketones (excluding diaryl/α,β-unsaturated/α-hetero) is 1. The Balaban J connectivity index is 1.59. The van der Waals surface area contributed by atoms with E-state index in [0.29, 0.717) is 12.1 Å². The van der Waals surface area contributed by atoms with Gasteiger partial charge < -0.3 is 4.90 Å². The fraction of sp³-hybridized carbons (Fsp3) is 0.450. The number of nitrogens with one attached hydrogen (secondary N) is 1. The maximum Gasteiger partial charge on any atom is 0.229 e. The summed E-state index contributed by atoms with van der Waals surface area (Å²) < 4.78 is 13.0. The van der Waals surface area contributed by atoms with Crippen LogP contribution in [0.4, 0.5) is 4.39 Å². The average molecular weight is 355 g/mol. The van der Waals surface area contributed by atoms with Crippen LogP contribution in [0.25, 0.3) is 0 Å². The predicted molar refractivity (Wildman–Crippen MR) is 93.9 cm³/mol. The molecule has 2 aromatic rings. The lowest BCUT2D eigenvalue weighted by molar-refractivity contribution is -0.143. The molecule has 0 bridgehead atoms. The number of hydrogen-bond donors (Lipinski definition) is 1. The number of hydrogen-bond acceptors (Lipinski definition) is 3. The standard InChI is InChI=1S/C20H22FN3O2/c1-19(2,3)18(26)24-11-14-15(22-23-17(14)20(24)8-9-20)10-16(25)12-4-6-13(21)7-5-12/h4-7H,8-11H2,1-3H3,(H,22,23). The zero-order chi connectivity index (χ0) is 18.7. The molecule has 1 amide bonds. The summed E-state index contributed by atoms with van der Waals surface area (Å²) in [6.45, 7) is 6.26. The van der Waals surface area contributed by atoms with E-state index in [4.69, 9.17) is 0 Å². The van der Waals surface area contributed by atoms with Crippen LogP contribution in [0.5, 0.6) is 0 Å². The van der Waals surface area contributed by atoms with Gasteiger partial charge in [-0.05, 0) is 37.1 Å². The fourth-order valence-corrected chi connectivity index (χ4v) is 3.73. The summed E-state index contributed by atoms with van der Waals surface area (Å²) in [6, 6.07) is 5.55. The van der Waals surface area contributed by atoms with Crippen LogP contribution < -0.4 is 0 Å². The number of benzene rings is 1. The number of nitrogens with zero attached hydrogens (tertiary/aromatic N) is 2. The third kappa shape index (κ3) is 2.55. The molecule has 1 spiro atoms. The van der Waals surface area contributed by atoms with Crippen LogP contribution in [0, 0.1) is 11.2 Å². The molecule has 1 saturated carbocycles. The number of aromatic amines is 1. The second-order valence-electron chi connectivity index (χ2n) is 8.31. The molecule has 2 aliphatic rings. The molecule has 1 N–H and O–H groups in total. The Hall–Kier alpha value is -2.50. The first-order valence-corrected chi connectivity index (χ1v) is 8.90. The van der Waals surface area contributed by atoms with Gasteiger partial charge in [-0.2, -0.15) is 5.10 Å². The minimum absolute atomic E-state index is 0.0955. The molecule has 0 atom stereocenters. The molecule has 5 nitrogen and oxygen atoms in total. The largest absolute Gasteiger partial charge is 0.326 e. The minimum atomic E-state index is -0.452. The van der Waals surface area contributed by atoms with E-state index in [9.17, 15) is 14.0 Å². The number of carbonyl (C=O) groups is 2. The molecule has 0 saturated heterocycles. The molecule has 1 aromatic carbocycles. The summed E-state index contributed by atoms with van der Waals surface area (Å²) >= 11 is 0. The van der Waals surface area contributed by atoms with Gasteiger partial charge in [0.05, 0.1) is 24.2 Å². The average Bonchev–Trinajstić information content (AvgIpc) is 3.18. The van der Waals surface area contributed by atoms with Gasteiger partial charge in [0.25, 0.3) is 0 Å². The van der Waals surface area contributed by atoms with Gasteiger partial charge in [0.2, 0.25) is 5.91 Å². The smallest absolute Gasteiger partial charge is 0.229 e. The quantitative estimate of drug-likeness (QED) is 0.859. The second kappa shape index (κ2) is 5.50. The van der Waals surface area contributed by atoms with E-state index in [1.165, 1.54) is 24.3 Å². The Morgan fingerprint density at radius 3 is 2.46 bits per heavy atom. The molecule has 2 heterocycles. The molecule has 1 aliphatic carbocycles. The van der Waals surface area contributed by atoms with Gasteiger partial charge in [-0.1, -0.05) is 20.8 Å². The van der Waals surface area contributed by atoms with Gasteiger partial charge >= 0.3 is 0 Å². The predicted octanol–water partition coefficient (Wildman–Crippen LogP) is 3.35. The van der Waals surface area contributed by atoms with Crippen LogP contribution in [0.2, 0.25) is 0 Å². The van der Waals surface area contributed by atoms with Gasteiger partial charge in [-0.3, -0.25) is 14.7 Å². The number of fused-ring (bicyclic) bond motifs is 2. The van der Waals surface area contributed by atoms with Gasteiger partial charge in [0, 0.05) is 22.2 Å². The maximum absolute atomic E-state index is 13.0. The Morgan fingerprint density at radius 2 is 1.88 bits per heavy atom. The van der Waals surface area contributed by atoms with Crippen molar-refractivity contribution in [3.05, 3.63) is 52.6 Å². The number of carbonyl (C=O) groups excluding carboxylic acids is 2.